The van der Waals surface area contributed by atoms with Gasteiger partial charge in [-0.1, -0.05) is 25.3 Å². The number of carbonyl (C=O) groups is 2. The molecule has 10 nitrogen and oxygen atoms in total. The lowest BCUT2D eigenvalue weighted by Gasteiger charge is -2.30. The molecule has 0 aliphatic carbocycles. The molecule has 0 radical (unpaired) electrons. The van der Waals surface area contributed by atoms with Crippen LogP contribution in [0.5, 0.6) is 0 Å². The van der Waals surface area contributed by atoms with Crippen LogP contribution >= 0.6 is 0 Å². The first-order chi connectivity index (χ1) is 13.9. The molecule has 0 aliphatic heterocycles. The summed E-state index contributed by atoms with van der Waals surface area (Å²) in [6.45, 7) is 11.2. The molecule has 10 heteroatoms. The molecule has 2 N–H and O–H groups in total. The van der Waals surface area contributed by atoms with Gasteiger partial charge in [0.05, 0.1) is 11.1 Å². The van der Waals surface area contributed by atoms with Gasteiger partial charge >= 0.3 is 5.95 Å². The van der Waals surface area contributed by atoms with E-state index in [4.69, 9.17) is 4.84 Å². The van der Waals surface area contributed by atoms with E-state index in [0.717, 1.165) is 12.8 Å². The number of hydroxylamine groups is 1. The number of nitrogens with one attached hydrogen (secondary N) is 2. The predicted molar refractivity (Wildman–Crippen MR) is 113 cm³/mol. The van der Waals surface area contributed by atoms with Crippen molar-refractivity contribution in [1.82, 2.24) is 20.3 Å². The molecule has 170 valence electrons. The Labute approximate surface area is 177 Å². The number of ketones is 2. The normalized spacial score (nSPS) is 13.3. The third-order valence-electron chi connectivity index (χ3n) is 4.98. The summed E-state index contributed by atoms with van der Waals surface area (Å²) in [5.41, 5.74) is 1.14. The number of unbranched alkanes of at least 4 members (excludes halogenated alkanes) is 1. The average molecular weight is 426 g/mol. The fourth-order valence-corrected chi connectivity index (χ4v) is 2.83. The van der Waals surface area contributed by atoms with Crippen molar-refractivity contribution in [3.8, 4) is 0 Å². The summed E-state index contributed by atoms with van der Waals surface area (Å²) >= 11 is 0. The van der Waals surface area contributed by atoms with Crippen LogP contribution in [-0.2, 0) is 21.0 Å². The van der Waals surface area contributed by atoms with Gasteiger partial charge in [0.2, 0.25) is 0 Å². The molecule has 0 aromatic carbocycles. The topological polar surface area (TPSA) is 128 Å². The van der Waals surface area contributed by atoms with Crippen LogP contribution in [0.15, 0.2) is 12.4 Å². The first kappa shape index (κ1) is 25.9. The van der Waals surface area contributed by atoms with E-state index in [1.165, 1.54) is 17.0 Å². The SMILES string of the molecule is CCCCC(=O)C(C)(C)NOC(CNC(C)(C)C(=O)CC)Cn1ccnc1[N+](=O)[O-]. The van der Waals surface area contributed by atoms with Gasteiger partial charge in [0.1, 0.15) is 25.0 Å². The number of aromatic nitrogens is 2. The first-order valence-corrected chi connectivity index (χ1v) is 10.3. The highest BCUT2D eigenvalue weighted by atomic mass is 16.7. The maximum atomic E-state index is 12.4. The van der Waals surface area contributed by atoms with Gasteiger partial charge in [-0.05, 0) is 39.0 Å². The summed E-state index contributed by atoms with van der Waals surface area (Å²) in [6.07, 6.45) is 4.78. The molecule has 1 aromatic rings. The van der Waals surface area contributed by atoms with Gasteiger partial charge in [0, 0.05) is 19.4 Å². The van der Waals surface area contributed by atoms with Crippen LogP contribution in [0.4, 0.5) is 5.95 Å². The van der Waals surface area contributed by atoms with Gasteiger partial charge in [0.15, 0.2) is 11.6 Å². The first-order valence-electron chi connectivity index (χ1n) is 10.3. The van der Waals surface area contributed by atoms with Crippen LogP contribution < -0.4 is 10.8 Å². The molecule has 1 heterocycles. The van der Waals surface area contributed by atoms with Crippen LogP contribution in [0.3, 0.4) is 0 Å². The van der Waals surface area contributed by atoms with E-state index in [1.807, 2.05) is 6.92 Å². The van der Waals surface area contributed by atoms with Gasteiger partial charge in [-0.3, -0.25) is 14.4 Å². The Morgan fingerprint density at radius 2 is 1.90 bits per heavy atom. The highest BCUT2D eigenvalue weighted by molar-refractivity contribution is 5.87. The van der Waals surface area contributed by atoms with Gasteiger partial charge in [0.25, 0.3) is 0 Å². The minimum absolute atomic E-state index is 0.0196. The fraction of sp³-hybridized carbons (Fsp3) is 0.750. The van der Waals surface area contributed by atoms with E-state index in [9.17, 15) is 19.7 Å². The van der Waals surface area contributed by atoms with E-state index in [2.05, 4.69) is 15.8 Å². The predicted octanol–water partition coefficient (Wildman–Crippen LogP) is 2.57. The van der Waals surface area contributed by atoms with Crippen LogP contribution in [0.1, 0.15) is 67.2 Å². The fourth-order valence-electron chi connectivity index (χ4n) is 2.83. The van der Waals surface area contributed by atoms with E-state index in [-0.39, 0.29) is 30.6 Å². The lowest BCUT2D eigenvalue weighted by atomic mass is 9.96. The molecule has 1 atom stereocenters. The van der Waals surface area contributed by atoms with E-state index >= 15 is 0 Å². The Hall–Kier alpha value is -2.17. The van der Waals surface area contributed by atoms with Gasteiger partial charge in [-0.2, -0.15) is 5.48 Å². The van der Waals surface area contributed by atoms with E-state index in [0.29, 0.717) is 12.8 Å². The van der Waals surface area contributed by atoms with E-state index < -0.39 is 22.1 Å². The summed E-state index contributed by atoms with van der Waals surface area (Å²) in [6, 6.07) is 0. The maximum Gasteiger partial charge on any atom is 0.434 e. The lowest BCUT2D eigenvalue weighted by Crippen LogP contribution is -2.53. The number of hydrogen-bond acceptors (Lipinski definition) is 8. The number of nitro groups is 1. The van der Waals surface area contributed by atoms with Gasteiger partial charge in [-0.15, -0.1) is 0 Å². The van der Waals surface area contributed by atoms with Gasteiger partial charge in [-0.25, -0.2) is 4.57 Å². The number of nitrogens with zero attached hydrogens (tertiary/aromatic N) is 3. The minimum atomic E-state index is -0.914. The Bertz CT molecular complexity index is 729. The lowest BCUT2D eigenvalue weighted by molar-refractivity contribution is -0.397. The van der Waals surface area contributed by atoms with Gasteiger partial charge < -0.3 is 15.4 Å². The molecule has 0 saturated carbocycles. The quantitative estimate of drug-likeness (QED) is 0.324. The number of imidazole rings is 1. The van der Waals surface area contributed by atoms with Crippen molar-refractivity contribution in [2.75, 3.05) is 6.54 Å². The van der Waals surface area contributed by atoms with Crippen LogP contribution in [0.2, 0.25) is 0 Å². The molecule has 0 fully saturated rings. The zero-order valence-corrected chi connectivity index (χ0v) is 18.9. The largest absolute Gasteiger partial charge is 0.434 e. The second kappa shape index (κ2) is 11.3. The number of hydrogen-bond donors (Lipinski definition) is 2. The Kier molecular flexibility index (Phi) is 9.73. The molecule has 0 saturated heterocycles. The Morgan fingerprint density at radius 1 is 1.23 bits per heavy atom. The zero-order chi connectivity index (χ0) is 22.9. The van der Waals surface area contributed by atoms with Crippen molar-refractivity contribution in [1.29, 1.82) is 0 Å². The third-order valence-corrected chi connectivity index (χ3v) is 4.98. The summed E-state index contributed by atoms with van der Waals surface area (Å²) in [5, 5.41) is 14.3. The molecular formula is C20H35N5O5. The van der Waals surface area contributed by atoms with Crippen LogP contribution in [-0.4, -0.2) is 49.8 Å². The van der Waals surface area contributed by atoms with Crippen molar-refractivity contribution in [3.05, 3.63) is 22.5 Å². The van der Waals surface area contributed by atoms with Crippen molar-refractivity contribution in [2.45, 2.75) is 91.0 Å². The molecule has 1 rings (SSSR count). The molecule has 0 bridgehead atoms. The summed E-state index contributed by atoms with van der Waals surface area (Å²) in [7, 11) is 0. The molecule has 1 aromatic heterocycles. The smallest absolute Gasteiger partial charge is 0.390 e. The summed E-state index contributed by atoms with van der Waals surface area (Å²) in [5.74, 6) is -0.241. The standard InChI is InChI=1S/C20H35N5O5/c1-7-9-10-17(27)20(5,6)23-30-15(13-22-19(3,4)16(26)8-2)14-24-12-11-21-18(24)25(28)29/h11-12,15,22-23H,7-10,13-14H2,1-6H3. The summed E-state index contributed by atoms with van der Waals surface area (Å²) in [4.78, 5) is 44.7. The molecule has 0 amide bonds. The number of rotatable bonds is 15. The average Bonchev–Trinajstić information content (AvgIpc) is 3.15. The van der Waals surface area contributed by atoms with E-state index in [1.54, 1.807) is 34.6 Å². The highest BCUT2D eigenvalue weighted by Crippen LogP contribution is 2.14. The highest BCUT2D eigenvalue weighted by Gasteiger charge is 2.31. The van der Waals surface area contributed by atoms with Crippen molar-refractivity contribution in [2.24, 2.45) is 0 Å². The summed E-state index contributed by atoms with van der Waals surface area (Å²) < 4.78 is 1.37. The number of carbonyl (C=O) groups excluding carboxylic acids is 2. The van der Waals surface area contributed by atoms with Crippen LogP contribution in [0, 0.1) is 10.1 Å². The Morgan fingerprint density at radius 3 is 2.47 bits per heavy atom. The molecule has 0 spiro atoms. The minimum Gasteiger partial charge on any atom is -0.390 e. The monoisotopic (exact) mass is 425 g/mol. The molecule has 1 unspecified atom stereocenters. The zero-order valence-electron chi connectivity index (χ0n) is 18.9. The molecular weight excluding hydrogens is 390 g/mol. The Balaban J connectivity index is 2.91. The van der Waals surface area contributed by atoms with Crippen molar-refractivity contribution < 1.29 is 19.3 Å². The molecule has 30 heavy (non-hydrogen) atoms. The van der Waals surface area contributed by atoms with Crippen molar-refractivity contribution in [3.63, 3.8) is 0 Å². The molecule has 0 aliphatic rings. The second-order valence-corrected chi connectivity index (χ2v) is 8.41. The van der Waals surface area contributed by atoms with Crippen LogP contribution in [0.25, 0.3) is 0 Å². The second-order valence-electron chi connectivity index (χ2n) is 8.41. The maximum absolute atomic E-state index is 12.4. The third kappa shape index (κ3) is 7.58. The van der Waals surface area contributed by atoms with Crippen molar-refractivity contribution >= 4 is 17.5 Å². The number of Topliss-reactive ketones (excluding diaryl/α,β-unsaturated/α-hetero) is 2.